The minimum absolute atomic E-state index is 0.100. The zero-order valence-electron chi connectivity index (χ0n) is 7.51. The highest BCUT2D eigenvalue weighted by Gasteiger charge is 2.34. The maximum atomic E-state index is 11.1. The fraction of sp³-hybridized carbons (Fsp3) is 0.429. The maximum absolute atomic E-state index is 11.1. The van der Waals surface area contributed by atoms with Gasteiger partial charge in [-0.3, -0.25) is 19.8 Å². The van der Waals surface area contributed by atoms with E-state index < -0.39 is 4.92 Å². The average molecular weight is 196 g/mol. The molecule has 0 N–H and O–H groups in total. The lowest BCUT2D eigenvalue weighted by Crippen LogP contribution is -2.44. The van der Waals surface area contributed by atoms with Crippen molar-refractivity contribution in [2.24, 2.45) is 7.05 Å². The Hall–Kier alpha value is -1.92. The third-order valence-corrected chi connectivity index (χ3v) is 2.19. The Bertz CT molecular complexity index is 411. The second-order valence-electron chi connectivity index (χ2n) is 3.03. The molecule has 1 saturated heterocycles. The number of hydrogen-bond acceptors (Lipinski definition) is 4. The highest BCUT2D eigenvalue weighted by molar-refractivity contribution is 6.00. The number of hydrogen-bond donors (Lipinski definition) is 0. The Morgan fingerprint density at radius 3 is 2.79 bits per heavy atom. The largest absolute Gasteiger partial charge is 0.331 e. The number of anilines is 1. The number of nitrogens with zero attached hydrogens (tertiary/aromatic N) is 4. The Morgan fingerprint density at radius 1 is 1.64 bits per heavy atom. The lowest BCUT2D eigenvalue weighted by molar-refractivity contribution is -0.384. The van der Waals surface area contributed by atoms with Crippen molar-refractivity contribution in [2.45, 2.75) is 6.42 Å². The van der Waals surface area contributed by atoms with E-state index in [1.54, 1.807) is 7.05 Å². The number of β-lactam (4-membered cyclic amide) rings is 1. The first-order chi connectivity index (χ1) is 6.61. The summed E-state index contributed by atoms with van der Waals surface area (Å²) < 4.78 is 1.34. The van der Waals surface area contributed by atoms with Gasteiger partial charge in [-0.2, -0.15) is 5.10 Å². The van der Waals surface area contributed by atoms with Gasteiger partial charge in [0.15, 0.2) is 0 Å². The molecule has 1 aromatic heterocycles. The molecule has 1 aliphatic heterocycles. The summed E-state index contributed by atoms with van der Waals surface area (Å²) in [5.41, 5.74) is -0.124. The van der Waals surface area contributed by atoms with Gasteiger partial charge in [-0.15, -0.1) is 0 Å². The average Bonchev–Trinajstić information content (AvgIpc) is 2.46. The van der Waals surface area contributed by atoms with Crippen LogP contribution in [0.25, 0.3) is 0 Å². The molecule has 1 aliphatic rings. The monoisotopic (exact) mass is 196 g/mol. The predicted molar refractivity (Wildman–Crippen MR) is 46.8 cm³/mol. The third kappa shape index (κ3) is 1.05. The van der Waals surface area contributed by atoms with Gasteiger partial charge in [0, 0.05) is 20.0 Å². The van der Waals surface area contributed by atoms with Crippen molar-refractivity contribution in [1.82, 2.24) is 9.78 Å². The molecule has 0 radical (unpaired) electrons. The van der Waals surface area contributed by atoms with Crippen molar-refractivity contribution in [1.29, 1.82) is 0 Å². The van der Waals surface area contributed by atoms with Gasteiger partial charge in [-0.25, -0.2) is 4.68 Å². The van der Waals surface area contributed by atoms with Crippen molar-refractivity contribution >= 4 is 17.4 Å². The molecule has 0 aliphatic carbocycles. The minimum atomic E-state index is -0.534. The quantitative estimate of drug-likeness (QED) is 0.380. The first-order valence-corrected chi connectivity index (χ1v) is 4.08. The molecule has 7 heteroatoms. The van der Waals surface area contributed by atoms with Gasteiger partial charge in [0.2, 0.25) is 11.7 Å². The summed E-state index contributed by atoms with van der Waals surface area (Å²) >= 11 is 0. The van der Waals surface area contributed by atoms with Gasteiger partial charge < -0.3 is 0 Å². The molecular formula is C7H8N4O3. The summed E-state index contributed by atoms with van der Waals surface area (Å²) in [4.78, 5) is 22.6. The van der Waals surface area contributed by atoms with Crippen molar-refractivity contribution in [3.8, 4) is 0 Å². The van der Waals surface area contributed by atoms with Crippen LogP contribution in [0.4, 0.5) is 11.5 Å². The standard InChI is InChI=1S/C7H8N4O3/c1-9-7(10-3-2-6(10)12)5(4-8-9)11(13)14/h4H,2-3H2,1H3. The van der Waals surface area contributed by atoms with E-state index in [0.717, 1.165) is 6.20 Å². The minimum Gasteiger partial charge on any atom is -0.291 e. The number of aromatic nitrogens is 2. The van der Waals surface area contributed by atoms with E-state index in [4.69, 9.17) is 0 Å². The third-order valence-electron chi connectivity index (χ3n) is 2.19. The van der Waals surface area contributed by atoms with Crippen molar-refractivity contribution < 1.29 is 9.72 Å². The maximum Gasteiger partial charge on any atom is 0.331 e. The molecule has 0 spiro atoms. The van der Waals surface area contributed by atoms with Crippen molar-refractivity contribution in [2.75, 3.05) is 11.4 Å². The van der Waals surface area contributed by atoms with Gasteiger partial charge in [0.05, 0.1) is 4.92 Å². The molecule has 0 atom stereocenters. The molecule has 0 unspecified atom stereocenters. The zero-order valence-corrected chi connectivity index (χ0v) is 7.51. The lowest BCUT2D eigenvalue weighted by atomic mass is 10.2. The molecule has 2 heterocycles. The van der Waals surface area contributed by atoms with E-state index in [1.165, 1.54) is 9.58 Å². The van der Waals surface area contributed by atoms with E-state index >= 15 is 0 Å². The number of carbonyl (C=O) groups excluding carboxylic acids is 1. The summed E-state index contributed by atoms with van der Waals surface area (Å²) in [5, 5.41) is 14.4. The summed E-state index contributed by atoms with van der Waals surface area (Å²) in [7, 11) is 1.58. The first-order valence-electron chi connectivity index (χ1n) is 4.08. The second kappa shape index (κ2) is 2.79. The molecule has 1 fully saturated rings. The van der Waals surface area contributed by atoms with E-state index in [9.17, 15) is 14.9 Å². The highest BCUT2D eigenvalue weighted by atomic mass is 16.6. The van der Waals surface area contributed by atoms with Crippen molar-refractivity contribution in [3.05, 3.63) is 16.3 Å². The fourth-order valence-corrected chi connectivity index (χ4v) is 1.40. The lowest BCUT2D eigenvalue weighted by Gasteiger charge is -2.29. The van der Waals surface area contributed by atoms with Crippen molar-refractivity contribution in [3.63, 3.8) is 0 Å². The second-order valence-corrected chi connectivity index (χ2v) is 3.03. The van der Waals surface area contributed by atoms with E-state index in [2.05, 4.69) is 5.10 Å². The van der Waals surface area contributed by atoms with Crippen LogP contribution in [0.1, 0.15) is 6.42 Å². The number of amides is 1. The van der Waals surface area contributed by atoms with E-state index in [0.29, 0.717) is 13.0 Å². The van der Waals surface area contributed by atoms with Crippen LogP contribution < -0.4 is 4.90 Å². The molecule has 0 bridgehead atoms. The first kappa shape index (κ1) is 8.67. The fourth-order valence-electron chi connectivity index (χ4n) is 1.40. The van der Waals surface area contributed by atoms with Crippen LogP contribution in [0.5, 0.6) is 0 Å². The number of aryl methyl sites for hydroxylation is 1. The number of carbonyl (C=O) groups is 1. The zero-order chi connectivity index (χ0) is 10.3. The van der Waals surface area contributed by atoms with E-state index in [1.807, 2.05) is 0 Å². The van der Waals surface area contributed by atoms with Crippen LogP contribution in [-0.4, -0.2) is 27.2 Å². The predicted octanol–water partition coefficient (Wildman–Crippen LogP) is 0.0650. The molecular weight excluding hydrogens is 188 g/mol. The number of nitro groups is 1. The smallest absolute Gasteiger partial charge is 0.291 e. The summed E-state index contributed by atoms with van der Waals surface area (Å²) in [6.07, 6.45) is 1.60. The Morgan fingerprint density at radius 2 is 2.36 bits per heavy atom. The normalized spacial score (nSPS) is 15.5. The molecule has 74 valence electrons. The molecule has 0 aromatic carbocycles. The van der Waals surface area contributed by atoms with Gasteiger partial charge in [0.1, 0.15) is 6.20 Å². The van der Waals surface area contributed by atoms with Gasteiger partial charge >= 0.3 is 5.69 Å². The number of rotatable bonds is 2. The topological polar surface area (TPSA) is 81.3 Å². The molecule has 7 nitrogen and oxygen atoms in total. The van der Waals surface area contributed by atoms with Gasteiger partial charge in [-0.1, -0.05) is 0 Å². The van der Waals surface area contributed by atoms with Crippen LogP contribution in [0.2, 0.25) is 0 Å². The summed E-state index contributed by atoms with van der Waals surface area (Å²) in [6, 6.07) is 0. The Kier molecular flexibility index (Phi) is 1.73. The van der Waals surface area contributed by atoms with Crippen LogP contribution in [0.3, 0.4) is 0 Å². The van der Waals surface area contributed by atoms with Crippen LogP contribution >= 0.6 is 0 Å². The molecule has 1 amide bonds. The van der Waals surface area contributed by atoms with Crippen LogP contribution in [0, 0.1) is 10.1 Å². The molecule has 14 heavy (non-hydrogen) atoms. The summed E-state index contributed by atoms with van der Waals surface area (Å²) in [5.74, 6) is 0.169. The van der Waals surface area contributed by atoms with Gasteiger partial charge in [0.25, 0.3) is 0 Å². The molecule has 0 saturated carbocycles. The molecule has 1 aromatic rings. The highest BCUT2D eigenvalue weighted by Crippen LogP contribution is 2.30. The molecule has 2 rings (SSSR count). The van der Waals surface area contributed by atoms with Gasteiger partial charge in [-0.05, 0) is 0 Å². The summed E-state index contributed by atoms with van der Waals surface area (Å²) in [6.45, 7) is 0.527. The van der Waals surface area contributed by atoms with Crippen LogP contribution in [0.15, 0.2) is 6.20 Å². The Balaban J connectivity index is 2.44. The Labute approximate surface area is 79.1 Å². The van der Waals surface area contributed by atoms with Crippen LogP contribution in [-0.2, 0) is 11.8 Å². The van der Waals surface area contributed by atoms with E-state index in [-0.39, 0.29) is 17.4 Å². The SMILES string of the molecule is Cn1ncc([N+](=O)[O-])c1N1CCC1=O.